The van der Waals surface area contributed by atoms with E-state index in [0.29, 0.717) is 29.3 Å². The summed E-state index contributed by atoms with van der Waals surface area (Å²) in [7, 11) is 0. The van der Waals surface area contributed by atoms with Gasteiger partial charge in [0.15, 0.2) is 0 Å². The van der Waals surface area contributed by atoms with Crippen molar-refractivity contribution in [2.75, 3.05) is 17.2 Å². The molecule has 1 atom stereocenters. The topological polar surface area (TPSA) is 96.5 Å². The van der Waals surface area contributed by atoms with Gasteiger partial charge in [0.25, 0.3) is 11.8 Å². The zero-order valence-corrected chi connectivity index (χ0v) is 24.5. The van der Waals surface area contributed by atoms with E-state index in [1.807, 2.05) is 87.5 Å². The van der Waals surface area contributed by atoms with Crippen LogP contribution in [0.15, 0.2) is 114 Å². The SMILES string of the molecule is CCOc1ccccc1NC(=O)C(C)Sc1ccc(NC(=O)/C(=C/c2ccccc2C)NC(=O)c2ccccc2)cc1. The van der Waals surface area contributed by atoms with Crippen molar-refractivity contribution in [3.63, 3.8) is 0 Å². The number of anilines is 2. The van der Waals surface area contributed by atoms with E-state index in [4.69, 9.17) is 4.74 Å². The van der Waals surface area contributed by atoms with Crippen molar-refractivity contribution < 1.29 is 19.1 Å². The first-order valence-electron chi connectivity index (χ1n) is 13.6. The van der Waals surface area contributed by atoms with E-state index in [9.17, 15) is 14.4 Å². The molecule has 3 amide bonds. The Balaban J connectivity index is 1.43. The monoisotopic (exact) mass is 579 g/mol. The lowest BCUT2D eigenvalue weighted by molar-refractivity contribution is -0.115. The van der Waals surface area contributed by atoms with Crippen LogP contribution in [0.25, 0.3) is 6.08 Å². The third-order valence-corrected chi connectivity index (χ3v) is 7.37. The van der Waals surface area contributed by atoms with E-state index in [2.05, 4.69) is 16.0 Å². The van der Waals surface area contributed by atoms with Crippen molar-refractivity contribution in [2.24, 2.45) is 0 Å². The maximum Gasteiger partial charge on any atom is 0.272 e. The molecule has 0 heterocycles. The van der Waals surface area contributed by atoms with Gasteiger partial charge in [0.05, 0.1) is 17.5 Å². The molecule has 0 aliphatic heterocycles. The number of carbonyl (C=O) groups excluding carboxylic acids is 3. The summed E-state index contributed by atoms with van der Waals surface area (Å²) in [6.07, 6.45) is 1.67. The molecule has 42 heavy (non-hydrogen) atoms. The molecule has 3 N–H and O–H groups in total. The molecule has 1 unspecified atom stereocenters. The summed E-state index contributed by atoms with van der Waals surface area (Å²) in [5.74, 6) is -0.358. The molecule has 0 radical (unpaired) electrons. The quantitative estimate of drug-likeness (QED) is 0.132. The summed E-state index contributed by atoms with van der Waals surface area (Å²) < 4.78 is 5.60. The highest BCUT2D eigenvalue weighted by Crippen LogP contribution is 2.28. The van der Waals surface area contributed by atoms with Crippen molar-refractivity contribution in [1.29, 1.82) is 0 Å². The highest BCUT2D eigenvalue weighted by atomic mass is 32.2. The number of ether oxygens (including phenoxy) is 1. The molecule has 0 bridgehead atoms. The summed E-state index contributed by atoms with van der Waals surface area (Å²) >= 11 is 1.40. The number of hydrogen-bond acceptors (Lipinski definition) is 5. The second kappa shape index (κ2) is 14.7. The van der Waals surface area contributed by atoms with Gasteiger partial charge in [-0.3, -0.25) is 14.4 Å². The minimum atomic E-state index is -0.455. The van der Waals surface area contributed by atoms with Gasteiger partial charge in [0.2, 0.25) is 5.91 Å². The molecular weight excluding hydrogens is 546 g/mol. The molecule has 0 fully saturated rings. The number of para-hydroxylation sites is 2. The fraction of sp³-hybridized carbons (Fsp3) is 0.147. The Morgan fingerprint density at radius 2 is 1.50 bits per heavy atom. The standard InChI is InChI=1S/C34H33N3O4S/c1-4-41-31-17-11-10-16-29(31)36-32(38)24(3)42-28-20-18-27(19-21-28)35-34(40)30(22-26-15-9-8-12-23(26)2)37-33(39)25-13-6-5-7-14-25/h5-22,24H,4H2,1-3H3,(H,35,40)(H,36,38)(H,37,39)/b30-22-. The third-order valence-electron chi connectivity index (χ3n) is 6.26. The molecule has 0 saturated heterocycles. The average Bonchev–Trinajstić information content (AvgIpc) is 3.00. The number of carbonyl (C=O) groups is 3. The number of hydrogen-bond donors (Lipinski definition) is 3. The smallest absolute Gasteiger partial charge is 0.272 e. The Hall–Kier alpha value is -4.82. The van der Waals surface area contributed by atoms with Gasteiger partial charge < -0.3 is 20.7 Å². The maximum atomic E-state index is 13.3. The molecule has 4 aromatic carbocycles. The Kier molecular flexibility index (Phi) is 10.6. The van der Waals surface area contributed by atoms with E-state index in [1.54, 1.807) is 42.5 Å². The summed E-state index contributed by atoms with van der Waals surface area (Å²) in [5, 5.41) is 8.19. The summed E-state index contributed by atoms with van der Waals surface area (Å²) in [6, 6.07) is 30.9. The largest absolute Gasteiger partial charge is 0.492 e. The number of nitrogens with one attached hydrogen (secondary N) is 3. The van der Waals surface area contributed by atoms with Gasteiger partial charge in [0, 0.05) is 16.1 Å². The van der Waals surface area contributed by atoms with Crippen molar-refractivity contribution >= 4 is 46.9 Å². The predicted molar refractivity (Wildman–Crippen MR) is 170 cm³/mol. The van der Waals surface area contributed by atoms with Crippen molar-refractivity contribution in [3.8, 4) is 5.75 Å². The lowest BCUT2D eigenvalue weighted by atomic mass is 10.1. The van der Waals surface area contributed by atoms with Crippen LogP contribution in [0.5, 0.6) is 5.75 Å². The summed E-state index contributed by atoms with van der Waals surface area (Å²) in [6.45, 7) is 6.17. The molecule has 0 aromatic heterocycles. The molecule has 0 aliphatic carbocycles. The van der Waals surface area contributed by atoms with E-state index in [1.165, 1.54) is 11.8 Å². The molecule has 7 nitrogen and oxygen atoms in total. The van der Waals surface area contributed by atoms with Crippen LogP contribution in [0.3, 0.4) is 0 Å². The lowest BCUT2D eigenvalue weighted by Gasteiger charge is -2.15. The zero-order valence-electron chi connectivity index (χ0n) is 23.7. The van der Waals surface area contributed by atoms with Crippen LogP contribution < -0.4 is 20.7 Å². The normalized spacial score (nSPS) is 11.7. The van der Waals surface area contributed by atoms with E-state index in [-0.39, 0.29) is 22.8 Å². The van der Waals surface area contributed by atoms with Gasteiger partial charge in [-0.05, 0) is 86.5 Å². The number of thioether (sulfide) groups is 1. The number of aryl methyl sites for hydroxylation is 1. The zero-order chi connectivity index (χ0) is 29.9. The fourth-order valence-electron chi connectivity index (χ4n) is 4.01. The van der Waals surface area contributed by atoms with Crippen LogP contribution in [-0.2, 0) is 9.59 Å². The van der Waals surface area contributed by atoms with Crippen LogP contribution in [0.1, 0.15) is 35.3 Å². The average molecular weight is 580 g/mol. The second-order valence-corrected chi connectivity index (χ2v) is 10.8. The van der Waals surface area contributed by atoms with Crippen molar-refractivity contribution in [2.45, 2.75) is 30.9 Å². The van der Waals surface area contributed by atoms with E-state index in [0.717, 1.165) is 16.0 Å². The molecule has 0 spiro atoms. The maximum absolute atomic E-state index is 13.3. The third kappa shape index (κ3) is 8.34. The van der Waals surface area contributed by atoms with Crippen LogP contribution >= 0.6 is 11.8 Å². The van der Waals surface area contributed by atoms with Crippen LogP contribution in [0.4, 0.5) is 11.4 Å². The van der Waals surface area contributed by atoms with Crippen molar-refractivity contribution in [3.05, 3.63) is 126 Å². The van der Waals surface area contributed by atoms with E-state index >= 15 is 0 Å². The first kappa shape index (κ1) is 30.1. The molecular formula is C34H33N3O4S. The molecule has 0 saturated carbocycles. The molecule has 4 rings (SSSR count). The van der Waals surface area contributed by atoms with Crippen LogP contribution in [0, 0.1) is 6.92 Å². The Bertz CT molecular complexity index is 1570. The second-order valence-electron chi connectivity index (χ2n) is 9.39. The highest BCUT2D eigenvalue weighted by molar-refractivity contribution is 8.00. The Morgan fingerprint density at radius 3 is 2.21 bits per heavy atom. The minimum Gasteiger partial charge on any atom is -0.492 e. The van der Waals surface area contributed by atoms with Gasteiger partial charge in [-0.25, -0.2) is 0 Å². The lowest BCUT2D eigenvalue weighted by Crippen LogP contribution is -2.30. The van der Waals surface area contributed by atoms with Gasteiger partial charge in [-0.1, -0.05) is 54.6 Å². The highest BCUT2D eigenvalue weighted by Gasteiger charge is 2.18. The fourth-order valence-corrected chi connectivity index (χ4v) is 4.87. The van der Waals surface area contributed by atoms with Gasteiger partial charge in [-0.2, -0.15) is 0 Å². The number of benzene rings is 4. The molecule has 8 heteroatoms. The number of amides is 3. The first-order valence-corrected chi connectivity index (χ1v) is 14.5. The van der Waals surface area contributed by atoms with E-state index < -0.39 is 5.91 Å². The minimum absolute atomic E-state index is 0.120. The Morgan fingerprint density at radius 1 is 0.833 bits per heavy atom. The summed E-state index contributed by atoms with van der Waals surface area (Å²) in [5.41, 5.74) is 3.54. The molecule has 214 valence electrons. The Labute approximate surface area is 250 Å². The van der Waals surface area contributed by atoms with Gasteiger partial charge >= 0.3 is 0 Å². The van der Waals surface area contributed by atoms with Gasteiger partial charge in [-0.15, -0.1) is 11.8 Å². The van der Waals surface area contributed by atoms with Crippen LogP contribution in [0.2, 0.25) is 0 Å². The number of rotatable bonds is 11. The van der Waals surface area contributed by atoms with Crippen molar-refractivity contribution in [1.82, 2.24) is 5.32 Å². The molecule has 0 aliphatic rings. The van der Waals surface area contributed by atoms with Crippen LogP contribution in [-0.4, -0.2) is 29.6 Å². The van der Waals surface area contributed by atoms with Gasteiger partial charge in [0.1, 0.15) is 11.4 Å². The predicted octanol–water partition coefficient (Wildman–Crippen LogP) is 6.92. The molecule has 4 aromatic rings. The summed E-state index contributed by atoms with van der Waals surface area (Å²) in [4.78, 5) is 39.9. The first-order chi connectivity index (χ1) is 20.3.